The molecule has 0 aliphatic rings. The summed E-state index contributed by atoms with van der Waals surface area (Å²) in [5.74, 6) is 0.822. The van der Waals surface area contributed by atoms with Crippen LogP contribution in [-0.4, -0.2) is 27.3 Å². The smallest absolute Gasteiger partial charge is 0.224 e. The topological polar surface area (TPSA) is 69.0 Å². The Bertz CT molecular complexity index is 893. The lowest BCUT2D eigenvalue weighted by molar-refractivity contribution is -0.116. The van der Waals surface area contributed by atoms with Gasteiger partial charge in [0.15, 0.2) is 5.16 Å². The first-order valence-corrected chi connectivity index (χ1v) is 9.53. The number of anilines is 1. The van der Waals surface area contributed by atoms with Gasteiger partial charge >= 0.3 is 0 Å². The number of hydrogen-bond donors (Lipinski definition) is 1. The van der Waals surface area contributed by atoms with Crippen molar-refractivity contribution in [2.45, 2.75) is 29.8 Å². The molecule has 0 saturated carbocycles. The summed E-state index contributed by atoms with van der Waals surface area (Å²) in [6.45, 7) is 2.54. The summed E-state index contributed by atoms with van der Waals surface area (Å²) < 4.78 is 7.53. The van der Waals surface area contributed by atoms with E-state index in [1.807, 2.05) is 67.1 Å². The summed E-state index contributed by atoms with van der Waals surface area (Å²) in [6.07, 6.45) is 2.75. The minimum atomic E-state index is -0.0171. The second-order valence-electron chi connectivity index (χ2n) is 6.17. The van der Waals surface area contributed by atoms with Gasteiger partial charge in [0.25, 0.3) is 0 Å². The van der Waals surface area contributed by atoms with Crippen molar-refractivity contribution in [1.29, 1.82) is 0 Å². The summed E-state index contributed by atoms with van der Waals surface area (Å²) >= 11 is 1.52. The van der Waals surface area contributed by atoms with Gasteiger partial charge in [-0.1, -0.05) is 12.1 Å². The molecule has 1 N–H and O–H groups in total. The van der Waals surface area contributed by atoms with E-state index in [9.17, 15) is 4.79 Å². The Morgan fingerprint density at radius 3 is 2.74 bits per heavy atom. The lowest BCUT2D eigenvalue weighted by Crippen LogP contribution is -2.12. The van der Waals surface area contributed by atoms with E-state index in [4.69, 9.17) is 4.74 Å². The van der Waals surface area contributed by atoms with Gasteiger partial charge in [-0.15, -0.1) is 10.2 Å². The maximum absolute atomic E-state index is 12.1. The van der Waals surface area contributed by atoms with Crippen LogP contribution in [-0.2, 0) is 11.8 Å². The van der Waals surface area contributed by atoms with Gasteiger partial charge < -0.3 is 14.6 Å². The normalized spacial score (nSPS) is 10.6. The van der Waals surface area contributed by atoms with E-state index in [1.54, 1.807) is 6.33 Å². The Kier molecular flexibility index (Phi) is 6.49. The van der Waals surface area contributed by atoms with Crippen LogP contribution in [0.1, 0.15) is 18.4 Å². The molecule has 0 fully saturated rings. The summed E-state index contributed by atoms with van der Waals surface area (Å²) in [7, 11) is 1.90. The van der Waals surface area contributed by atoms with Crippen LogP contribution < -0.4 is 10.1 Å². The van der Waals surface area contributed by atoms with Crippen molar-refractivity contribution >= 4 is 23.4 Å². The number of amides is 1. The Balaban J connectivity index is 1.40. The van der Waals surface area contributed by atoms with Gasteiger partial charge in [-0.2, -0.15) is 0 Å². The molecule has 0 radical (unpaired) electrons. The van der Waals surface area contributed by atoms with Crippen molar-refractivity contribution in [3.05, 3.63) is 60.4 Å². The highest BCUT2D eigenvalue weighted by Gasteiger charge is 2.06. The van der Waals surface area contributed by atoms with Crippen LogP contribution in [0.2, 0.25) is 0 Å². The van der Waals surface area contributed by atoms with Gasteiger partial charge in [0.1, 0.15) is 12.1 Å². The highest BCUT2D eigenvalue weighted by molar-refractivity contribution is 7.99. The summed E-state index contributed by atoms with van der Waals surface area (Å²) in [5, 5.41) is 11.6. The molecule has 140 valence electrons. The predicted octanol–water partition coefficient (Wildman–Crippen LogP) is 4.07. The molecule has 3 aromatic rings. The number of aryl methyl sites for hydroxylation is 2. The van der Waals surface area contributed by atoms with Crippen molar-refractivity contribution in [2.75, 3.05) is 11.9 Å². The van der Waals surface area contributed by atoms with Gasteiger partial charge in [-0.05, 0) is 67.1 Å². The van der Waals surface area contributed by atoms with E-state index >= 15 is 0 Å². The van der Waals surface area contributed by atoms with E-state index < -0.39 is 0 Å². The fraction of sp³-hybridized carbons (Fsp3) is 0.250. The van der Waals surface area contributed by atoms with Crippen molar-refractivity contribution in [3.8, 4) is 5.75 Å². The molecule has 0 bridgehead atoms. The minimum absolute atomic E-state index is 0.0171. The average molecular weight is 382 g/mol. The van der Waals surface area contributed by atoms with Crippen LogP contribution in [0.4, 0.5) is 5.69 Å². The minimum Gasteiger partial charge on any atom is -0.494 e. The third-order valence-corrected chi connectivity index (χ3v) is 4.88. The number of rotatable bonds is 8. The lowest BCUT2D eigenvalue weighted by Gasteiger charge is -2.08. The van der Waals surface area contributed by atoms with Gasteiger partial charge in [0, 0.05) is 24.1 Å². The number of carbonyl (C=O) groups excluding carboxylic acids is 1. The quantitative estimate of drug-likeness (QED) is 0.595. The number of nitrogens with zero attached hydrogens (tertiary/aromatic N) is 3. The number of aromatic nitrogens is 3. The molecule has 3 rings (SSSR count). The van der Waals surface area contributed by atoms with Crippen LogP contribution in [0.25, 0.3) is 0 Å². The summed E-state index contributed by atoms with van der Waals surface area (Å²) in [6, 6.07) is 15.6. The Morgan fingerprint density at radius 1 is 1.22 bits per heavy atom. The van der Waals surface area contributed by atoms with E-state index in [0.29, 0.717) is 19.4 Å². The zero-order valence-electron chi connectivity index (χ0n) is 15.4. The summed E-state index contributed by atoms with van der Waals surface area (Å²) in [4.78, 5) is 13.1. The first-order chi connectivity index (χ1) is 13.1. The number of hydrogen-bond acceptors (Lipinski definition) is 5. The molecular formula is C20H22N4O2S. The van der Waals surface area contributed by atoms with Gasteiger partial charge in [-0.25, -0.2) is 0 Å². The molecule has 27 heavy (non-hydrogen) atoms. The maximum atomic E-state index is 12.1. The number of carbonyl (C=O) groups is 1. The molecule has 1 heterocycles. The van der Waals surface area contributed by atoms with Crippen LogP contribution in [0.3, 0.4) is 0 Å². The summed E-state index contributed by atoms with van der Waals surface area (Å²) in [5.41, 5.74) is 1.94. The molecule has 0 spiro atoms. The zero-order valence-corrected chi connectivity index (χ0v) is 16.2. The molecule has 0 aliphatic heterocycles. The van der Waals surface area contributed by atoms with Crippen LogP contribution in [0.15, 0.2) is 64.9 Å². The Labute approximate surface area is 163 Å². The van der Waals surface area contributed by atoms with E-state index in [-0.39, 0.29) is 5.91 Å². The van der Waals surface area contributed by atoms with Gasteiger partial charge in [0.05, 0.1) is 6.61 Å². The molecule has 6 nitrogen and oxygen atoms in total. The van der Waals surface area contributed by atoms with E-state index in [1.165, 1.54) is 11.8 Å². The van der Waals surface area contributed by atoms with Crippen molar-refractivity contribution < 1.29 is 9.53 Å². The van der Waals surface area contributed by atoms with Crippen molar-refractivity contribution in [3.63, 3.8) is 0 Å². The highest BCUT2D eigenvalue weighted by atomic mass is 32.2. The van der Waals surface area contributed by atoms with E-state index in [2.05, 4.69) is 15.5 Å². The fourth-order valence-electron chi connectivity index (χ4n) is 2.43. The number of benzene rings is 2. The van der Waals surface area contributed by atoms with Crippen LogP contribution >= 0.6 is 11.8 Å². The second-order valence-corrected chi connectivity index (χ2v) is 7.21. The Hall–Kier alpha value is -2.80. The fourth-order valence-corrected chi connectivity index (χ4v) is 3.19. The standard InChI is InChI=1S/C20H22N4O2S/c1-15-5-3-6-17(13-15)26-12-4-7-19(25)22-16-8-10-18(11-9-16)27-20-23-21-14-24(20)2/h3,5-6,8-11,13-14H,4,7,12H2,1-2H3,(H,22,25). The molecule has 0 unspecified atom stereocenters. The molecule has 7 heteroatoms. The molecule has 0 aliphatic carbocycles. The molecule has 1 amide bonds. The number of nitrogens with one attached hydrogen (secondary N) is 1. The molecule has 0 atom stereocenters. The monoisotopic (exact) mass is 382 g/mol. The lowest BCUT2D eigenvalue weighted by atomic mass is 10.2. The Morgan fingerprint density at radius 2 is 2.04 bits per heavy atom. The zero-order chi connectivity index (χ0) is 19.1. The molecular weight excluding hydrogens is 360 g/mol. The van der Waals surface area contributed by atoms with Gasteiger partial charge in [0.2, 0.25) is 5.91 Å². The molecule has 0 saturated heterocycles. The average Bonchev–Trinajstić information content (AvgIpc) is 3.05. The molecule has 2 aromatic carbocycles. The van der Waals surface area contributed by atoms with E-state index in [0.717, 1.165) is 27.1 Å². The first kappa shape index (κ1) is 19.0. The van der Waals surface area contributed by atoms with Crippen LogP contribution in [0.5, 0.6) is 5.75 Å². The largest absolute Gasteiger partial charge is 0.494 e. The molecule has 1 aromatic heterocycles. The maximum Gasteiger partial charge on any atom is 0.224 e. The first-order valence-electron chi connectivity index (χ1n) is 8.71. The number of ether oxygens (including phenoxy) is 1. The SMILES string of the molecule is Cc1cccc(OCCCC(=O)Nc2ccc(Sc3nncn3C)cc2)c1. The van der Waals surface area contributed by atoms with Gasteiger partial charge in [-0.3, -0.25) is 4.79 Å². The van der Waals surface area contributed by atoms with Crippen LogP contribution in [0, 0.1) is 6.92 Å². The highest BCUT2D eigenvalue weighted by Crippen LogP contribution is 2.26. The second kappa shape index (κ2) is 9.23. The third-order valence-electron chi connectivity index (χ3n) is 3.82. The van der Waals surface area contributed by atoms with Crippen molar-refractivity contribution in [2.24, 2.45) is 7.05 Å². The third kappa shape index (κ3) is 5.86. The van der Waals surface area contributed by atoms with Crippen molar-refractivity contribution in [1.82, 2.24) is 14.8 Å². The predicted molar refractivity (Wildman–Crippen MR) is 106 cm³/mol.